The third-order valence-corrected chi connectivity index (χ3v) is 4.98. The Labute approximate surface area is 171 Å². The van der Waals surface area contributed by atoms with Gasteiger partial charge in [0.2, 0.25) is 0 Å². The van der Waals surface area contributed by atoms with Crippen LogP contribution in [0.25, 0.3) is 10.6 Å². The van der Waals surface area contributed by atoms with Crippen molar-refractivity contribution in [1.29, 1.82) is 5.26 Å². The molecule has 2 aromatic rings. The molecule has 0 aliphatic rings. The SMILES string of the molecule is COC(=O)c1c(N)c(C#N)c(-c2sccc2Cl)n1CCNC(=O)OC(C)(C)C. The van der Waals surface area contributed by atoms with Crippen molar-refractivity contribution in [2.24, 2.45) is 0 Å². The largest absolute Gasteiger partial charge is 0.464 e. The number of nitrogen functional groups attached to an aromatic ring is 1. The molecule has 0 bridgehead atoms. The van der Waals surface area contributed by atoms with Gasteiger partial charge in [-0.3, -0.25) is 0 Å². The molecule has 2 heterocycles. The summed E-state index contributed by atoms with van der Waals surface area (Å²) in [5, 5.41) is 14.4. The maximum atomic E-state index is 12.3. The van der Waals surface area contributed by atoms with Crippen molar-refractivity contribution < 1.29 is 19.1 Å². The molecule has 0 atom stereocenters. The minimum absolute atomic E-state index is 0.00563. The molecule has 0 spiro atoms. The Morgan fingerprint density at radius 1 is 1.43 bits per heavy atom. The molecule has 0 aliphatic carbocycles. The van der Waals surface area contributed by atoms with Crippen molar-refractivity contribution in [2.45, 2.75) is 32.9 Å². The smallest absolute Gasteiger partial charge is 0.407 e. The number of esters is 1. The summed E-state index contributed by atoms with van der Waals surface area (Å²) in [5.41, 5.74) is 6.01. The number of thiophene rings is 1. The first kappa shape index (κ1) is 21.6. The number of anilines is 1. The Morgan fingerprint density at radius 2 is 2.11 bits per heavy atom. The number of amides is 1. The van der Waals surface area contributed by atoms with Gasteiger partial charge in [-0.15, -0.1) is 11.3 Å². The average Bonchev–Trinajstić information content (AvgIpc) is 3.13. The predicted octanol–water partition coefficient (Wildman–Crippen LogP) is 3.64. The zero-order valence-electron chi connectivity index (χ0n) is 16.0. The van der Waals surface area contributed by atoms with Crippen molar-refractivity contribution in [3.05, 3.63) is 27.7 Å². The minimum atomic E-state index is -0.690. The molecule has 0 radical (unpaired) electrons. The fourth-order valence-electron chi connectivity index (χ4n) is 2.57. The summed E-state index contributed by atoms with van der Waals surface area (Å²) in [5.74, 6) is -0.690. The molecular weight excluding hydrogens is 404 g/mol. The van der Waals surface area contributed by atoms with Crippen LogP contribution >= 0.6 is 22.9 Å². The molecule has 0 fully saturated rings. The number of carbonyl (C=O) groups is 2. The molecule has 0 unspecified atom stereocenters. The van der Waals surface area contributed by atoms with E-state index in [-0.39, 0.29) is 30.0 Å². The molecule has 2 rings (SSSR count). The number of hydrogen-bond donors (Lipinski definition) is 2. The van der Waals surface area contributed by atoms with Gasteiger partial charge in [0.1, 0.15) is 17.2 Å². The third-order valence-electron chi connectivity index (χ3n) is 3.63. The van der Waals surface area contributed by atoms with E-state index in [0.29, 0.717) is 15.6 Å². The van der Waals surface area contributed by atoms with Gasteiger partial charge in [0.05, 0.1) is 28.4 Å². The highest BCUT2D eigenvalue weighted by molar-refractivity contribution is 7.14. The Morgan fingerprint density at radius 3 is 2.61 bits per heavy atom. The summed E-state index contributed by atoms with van der Waals surface area (Å²) in [6.45, 7) is 5.55. The number of carbonyl (C=O) groups excluding carboxylic acids is 2. The van der Waals surface area contributed by atoms with Gasteiger partial charge in [0.15, 0.2) is 5.69 Å². The molecule has 2 aromatic heterocycles. The maximum Gasteiger partial charge on any atom is 0.407 e. The van der Waals surface area contributed by atoms with Crippen LogP contribution in [0.4, 0.5) is 10.5 Å². The van der Waals surface area contributed by atoms with E-state index in [0.717, 1.165) is 0 Å². The summed E-state index contributed by atoms with van der Waals surface area (Å²) in [6, 6.07) is 3.72. The molecule has 0 aromatic carbocycles. The first-order chi connectivity index (χ1) is 13.1. The number of rotatable bonds is 5. The van der Waals surface area contributed by atoms with Gasteiger partial charge < -0.3 is 25.1 Å². The number of ether oxygens (including phenoxy) is 2. The van der Waals surface area contributed by atoms with Gasteiger partial charge in [-0.05, 0) is 32.2 Å². The number of halogens is 1. The van der Waals surface area contributed by atoms with E-state index in [2.05, 4.69) is 5.32 Å². The fraction of sp³-hybridized carbons (Fsp3) is 0.389. The highest BCUT2D eigenvalue weighted by Crippen LogP contribution is 2.40. The monoisotopic (exact) mass is 424 g/mol. The molecule has 10 heteroatoms. The number of aromatic nitrogens is 1. The van der Waals surface area contributed by atoms with Gasteiger partial charge in [0.25, 0.3) is 0 Å². The number of nitrogens with zero attached hydrogens (tertiary/aromatic N) is 2. The van der Waals surface area contributed by atoms with Crippen molar-refractivity contribution in [2.75, 3.05) is 19.4 Å². The number of alkyl carbamates (subject to hydrolysis) is 1. The molecular formula is C18H21ClN4O4S. The summed E-state index contributed by atoms with van der Waals surface area (Å²) in [7, 11) is 1.22. The second-order valence-corrected chi connectivity index (χ2v) is 8.09. The predicted molar refractivity (Wildman–Crippen MR) is 107 cm³/mol. The zero-order chi connectivity index (χ0) is 21.1. The lowest BCUT2D eigenvalue weighted by atomic mass is 10.2. The van der Waals surface area contributed by atoms with E-state index in [1.807, 2.05) is 6.07 Å². The third kappa shape index (κ3) is 4.58. The van der Waals surface area contributed by atoms with Crippen LogP contribution in [0.5, 0.6) is 0 Å². The van der Waals surface area contributed by atoms with E-state index in [1.54, 1.807) is 32.2 Å². The minimum Gasteiger partial charge on any atom is -0.464 e. The topological polar surface area (TPSA) is 119 Å². The van der Waals surface area contributed by atoms with Gasteiger partial charge >= 0.3 is 12.1 Å². The van der Waals surface area contributed by atoms with Crippen LogP contribution in [0.1, 0.15) is 36.8 Å². The number of nitrogens with one attached hydrogen (secondary N) is 1. The van der Waals surface area contributed by atoms with Crippen LogP contribution < -0.4 is 11.1 Å². The fourth-order valence-corrected chi connectivity index (χ4v) is 3.78. The van der Waals surface area contributed by atoms with Crippen LogP contribution in [0.3, 0.4) is 0 Å². The molecule has 1 amide bonds. The average molecular weight is 425 g/mol. The van der Waals surface area contributed by atoms with Gasteiger partial charge in [-0.2, -0.15) is 5.26 Å². The summed E-state index contributed by atoms with van der Waals surface area (Å²) >= 11 is 7.56. The van der Waals surface area contributed by atoms with Crippen molar-refractivity contribution in [3.63, 3.8) is 0 Å². The lowest BCUT2D eigenvalue weighted by Gasteiger charge is -2.20. The second kappa shape index (κ2) is 8.54. The van der Waals surface area contributed by atoms with Gasteiger partial charge in [0, 0.05) is 13.1 Å². The van der Waals surface area contributed by atoms with E-state index in [9.17, 15) is 14.9 Å². The molecule has 28 heavy (non-hydrogen) atoms. The molecule has 3 N–H and O–H groups in total. The summed E-state index contributed by atoms with van der Waals surface area (Å²) in [6.07, 6.45) is -0.594. The zero-order valence-corrected chi connectivity index (χ0v) is 17.5. The van der Waals surface area contributed by atoms with Gasteiger partial charge in [-0.25, -0.2) is 9.59 Å². The molecule has 150 valence electrons. The Balaban J connectivity index is 2.43. The number of nitriles is 1. The standard InChI is InChI=1S/C18H21ClN4O4S/c1-18(2,3)27-17(25)22-6-7-23-13(15-11(19)5-8-28-15)10(9-20)12(21)14(23)16(24)26-4/h5,8H,6-7,21H2,1-4H3,(H,22,25). The van der Waals surface area contributed by atoms with Crippen LogP contribution in [-0.2, 0) is 16.0 Å². The van der Waals surface area contributed by atoms with E-state index in [4.69, 9.17) is 26.8 Å². The maximum absolute atomic E-state index is 12.3. The summed E-state index contributed by atoms with van der Waals surface area (Å²) in [4.78, 5) is 24.8. The van der Waals surface area contributed by atoms with Crippen LogP contribution in [0, 0.1) is 11.3 Å². The quantitative estimate of drug-likeness (QED) is 0.707. The van der Waals surface area contributed by atoms with Crippen molar-refractivity contribution >= 4 is 40.7 Å². The lowest BCUT2D eigenvalue weighted by Crippen LogP contribution is -2.34. The van der Waals surface area contributed by atoms with Crippen molar-refractivity contribution in [3.8, 4) is 16.6 Å². The van der Waals surface area contributed by atoms with Crippen molar-refractivity contribution in [1.82, 2.24) is 9.88 Å². The van der Waals surface area contributed by atoms with Crippen LogP contribution in [0.2, 0.25) is 5.02 Å². The van der Waals surface area contributed by atoms with Crippen LogP contribution in [0.15, 0.2) is 11.4 Å². The Hall–Kier alpha value is -2.70. The first-order valence-corrected chi connectivity index (χ1v) is 9.57. The first-order valence-electron chi connectivity index (χ1n) is 8.31. The van der Waals surface area contributed by atoms with E-state index < -0.39 is 17.7 Å². The lowest BCUT2D eigenvalue weighted by molar-refractivity contribution is 0.0526. The molecule has 8 nitrogen and oxygen atoms in total. The highest BCUT2D eigenvalue weighted by atomic mass is 35.5. The summed E-state index contributed by atoms with van der Waals surface area (Å²) < 4.78 is 11.6. The number of nitrogens with two attached hydrogens (primary N) is 1. The second-order valence-electron chi connectivity index (χ2n) is 6.77. The molecule has 0 saturated carbocycles. The number of methoxy groups -OCH3 is 1. The molecule has 0 aliphatic heterocycles. The molecule has 0 saturated heterocycles. The van der Waals surface area contributed by atoms with E-state index in [1.165, 1.54) is 23.0 Å². The Bertz CT molecular complexity index is 937. The van der Waals surface area contributed by atoms with Gasteiger partial charge in [-0.1, -0.05) is 11.6 Å². The Kier molecular flexibility index (Phi) is 6.59. The van der Waals surface area contributed by atoms with Crippen LogP contribution in [-0.4, -0.2) is 35.9 Å². The highest BCUT2D eigenvalue weighted by Gasteiger charge is 2.28. The normalized spacial score (nSPS) is 11.0. The number of hydrogen-bond acceptors (Lipinski definition) is 7. The van der Waals surface area contributed by atoms with E-state index >= 15 is 0 Å².